The molecule has 0 spiro atoms. The molecule has 1 aliphatic heterocycles. The van der Waals surface area contributed by atoms with E-state index in [1.165, 1.54) is 6.08 Å². The van der Waals surface area contributed by atoms with Crippen LogP contribution < -0.4 is 0 Å². The molecule has 0 aromatic heterocycles. The van der Waals surface area contributed by atoms with Gasteiger partial charge < -0.3 is 10.0 Å². The standard InChI is InChI=1S/C11H15NO3/c1-2-3-4-5-10(13)12-7-9(8-12)6-11(14)15/h2-5,9H,6-8H2,1H3,(H,14,15). The summed E-state index contributed by atoms with van der Waals surface area (Å²) in [5.74, 6) is -0.715. The van der Waals surface area contributed by atoms with Crippen LogP contribution in [0.15, 0.2) is 24.3 Å². The summed E-state index contributed by atoms with van der Waals surface area (Å²) in [7, 11) is 0. The van der Waals surface area contributed by atoms with Crippen LogP contribution in [-0.4, -0.2) is 35.0 Å². The predicted molar refractivity (Wildman–Crippen MR) is 56.3 cm³/mol. The summed E-state index contributed by atoms with van der Waals surface area (Å²) in [5, 5.41) is 8.52. The van der Waals surface area contributed by atoms with E-state index in [9.17, 15) is 9.59 Å². The smallest absolute Gasteiger partial charge is 0.303 e. The van der Waals surface area contributed by atoms with E-state index >= 15 is 0 Å². The quantitative estimate of drug-likeness (QED) is 0.556. The summed E-state index contributed by atoms with van der Waals surface area (Å²) in [6.07, 6.45) is 6.96. The van der Waals surface area contributed by atoms with Crippen LogP contribution in [0.25, 0.3) is 0 Å². The van der Waals surface area contributed by atoms with Crippen LogP contribution in [0.5, 0.6) is 0 Å². The minimum atomic E-state index is -0.795. The third-order valence-electron chi connectivity index (χ3n) is 2.27. The maximum Gasteiger partial charge on any atom is 0.303 e. The Morgan fingerprint density at radius 1 is 1.40 bits per heavy atom. The fourth-order valence-electron chi connectivity index (χ4n) is 1.48. The van der Waals surface area contributed by atoms with Crippen molar-refractivity contribution in [2.75, 3.05) is 13.1 Å². The highest BCUT2D eigenvalue weighted by atomic mass is 16.4. The van der Waals surface area contributed by atoms with Crippen LogP contribution in [0.3, 0.4) is 0 Å². The van der Waals surface area contributed by atoms with E-state index < -0.39 is 5.97 Å². The molecule has 1 rings (SSSR count). The zero-order valence-corrected chi connectivity index (χ0v) is 8.72. The number of carbonyl (C=O) groups excluding carboxylic acids is 1. The molecule has 1 saturated heterocycles. The summed E-state index contributed by atoms with van der Waals surface area (Å²) in [5.41, 5.74) is 0. The Morgan fingerprint density at radius 3 is 2.60 bits per heavy atom. The van der Waals surface area contributed by atoms with Gasteiger partial charge in [0.05, 0.1) is 6.42 Å². The van der Waals surface area contributed by atoms with Crippen LogP contribution in [0.4, 0.5) is 0 Å². The van der Waals surface area contributed by atoms with E-state index in [4.69, 9.17) is 5.11 Å². The second kappa shape index (κ2) is 5.34. The number of aliphatic carboxylic acids is 1. The molecule has 4 nitrogen and oxygen atoms in total. The van der Waals surface area contributed by atoms with Gasteiger partial charge in [-0.2, -0.15) is 0 Å². The molecule has 1 heterocycles. The van der Waals surface area contributed by atoms with Crippen molar-refractivity contribution in [1.29, 1.82) is 0 Å². The third kappa shape index (κ3) is 3.58. The molecule has 0 saturated carbocycles. The molecule has 0 aromatic rings. The molecule has 1 aliphatic rings. The van der Waals surface area contributed by atoms with Gasteiger partial charge in [0, 0.05) is 25.1 Å². The number of carboxylic acid groups (broad SMARTS) is 1. The second-order valence-corrected chi connectivity index (χ2v) is 3.59. The SMILES string of the molecule is CC=CC=CC(=O)N1CC(CC(=O)O)C1. The fourth-order valence-corrected chi connectivity index (χ4v) is 1.48. The Hall–Kier alpha value is -1.58. The first-order valence-corrected chi connectivity index (χ1v) is 4.93. The fraction of sp³-hybridized carbons (Fsp3) is 0.455. The highest BCUT2D eigenvalue weighted by Crippen LogP contribution is 2.19. The topological polar surface area (TPSA) is 57.6 Å². The lowest BCUT2D eigenvalue weighted by atomic mass is 9.96. The van der Waals surface area contributed by atoms with E-state index in [0.717, 1.165) is 0 Å². The molecule has 82 valence electrons. The Balaban J connectivity index is 2.26. The zero-order valence-electron chi connectivity index (χ0n) is 8.72. The Bertz CT molecular complexity index is 301. The van der Waals surface area contributed by atoms with Gasteiger partial charge in [-0.15, -0.1) is 0 Å². The number of carbonyl (C=O) groups is 2. The van der Waals surface area contributed by atoms with Crippen molar-refractivity contribution in [2.45, 2.75) is 13.3 Å². The van der Waals surface area contributed by atoms with Gasteiger partial charge in [0.25, 0.3) is 0 Å². The number of allylic oxidation sites excluding steroid dienone is 3. The molecule has 1 N–H and O–H groups in total. The van der Waals surface area contributed by atoms with E-state index in [0.29, 0.717) is 13.1 Å². The molecule has 0 aliphatic carbocycles. The summed E-state index contributed by atoms with van der Waals surface area (Å²) in [6.45, 7) is 3.00. The van der Waals surface area contributed by atoms with Gasteiger partial charge in [0.1, 0.15) is 0 Å². The van der Waals surface area contributed by atoms with Gasteiger partial charge in [-0.05, 0) is 6.92 Å². The zero-order chi connectivity index (χ0) is 11.3. The van der Waals surface area contributed by atoms with E-state index in [2.05, 4.69) is 0 Å². The molecule has 0 unspecified atom stereocenters. The van der Waals surface area contributed by atoms with Crippen LogP contribution in [0.2, 0.25) is 0 Å². The monoisotopic (exact) mass is 209 g/mol. The highest BCUT2D eigenvalue weighted by Gasteiger charge is 2.30. The van der Waals surface area contributed by atoms with Gasteiger partial charge in [-0.25, -0.2) is 0 Å². The van der Waals surface area contributed by atoms with Gasteiger partial charge >= 0.3 is 5.97 Å². The largest absolute Gasteiger partial charge is 0.481 e. The van der Waals surface area contributed by atoms with Gasteiger partial charge in [0.2, 0.25) is 5.91 Å². The summed E-state index contributed by atoms with van der Waals surface area (Å²) < 4.78 is 0. The van der Waals surface area contributed by atoms with Gasteiger partial charge in [-0.1, -0.05) is 18.2 Å². The maximum atomic E-state index is 11.4. The van der Waals surface area contributed by atoms with Crippen molar-refractivity contribution in [3.63, 3.8) is 0 Å². The number of carboxylic acids is 1. The normalized spacial score (nSPS) is 17.3. The Morgan fingerprint density at radius 2 is 2.07 bits per heavy atom. The minimum absolute atomic E-state index is 0.0465. The van der Waals surface area contributed by atoms with Crippen LogP contribution in [0, 0.1) is 5.92 Å². The van der Waals surface area contributed by atoms with Crippen LogP contribution in [-0.2, 0) is 9.59 Å². The molecule has 0 aromatic carbocycles. The molecular formula is C11H15NO3. The number of amides is 1. The maximum absolute atomic E-state index is 11.4. The number of rotatable bonds is 4. The average Bonchev–Trinajstić information content (AvgIpc) is 2.10. The van der Waals surface area contributed by atoms with E-state index in [-0.39, 0.29) is 18.2 Å². The average molecular weight is 209 g/mol. The lowest BCUT2D eigenvalue weighted by Crippen LogP contribution is -2.49. The molecule has 4 heteroatoms. The van der Waals surface area contributed by atoms with Crippen LogP contribution in [0.1, 0.15) is 13.3 Å². The molecule has 15 heavy (non-hydrogen) atoms. The van der Waals surface area contributed by atoms with Crippen molar-refractivity contribution in [2.24, 2.45) is 5.92 Å². The van der Waals surface area contributed by atoms with Crippen molar-refractivity contribution < 1.29 is 14.7 Å². The first kappa shape index (κ1) is 11.5. The van der Waals surface area contributed by atoms with Crippen molar-refractivity contribution in [3.05, 3.63) is 24.3 Å². The molecule has 1 amide bonds. The Labute approximate surface area is 88.9 Å². The van der Waals surface area contributed by atoms with E-state index in [1.54, 1.807) is 17.1 Å². The summed E-state index contributed by atoms with van der Waals surface area (Å²) >= 11 is 0. The first-order chi connectivity index (χ1) is 7.13. The number of likely N-dealkylation sites (tertiary alicyclic amines) is 1. The second-order valence-electron chi connectivity index (χ2n) is 3.59. The molecule has 0 atom stereocenters. The van der Waals surface area contributed by atoms with Crippen molar-refractivity contribution >= 4 is 11.9 Å². The number of hydrogen-bond donors (Lipinski definition) is 1. The molecular weight excluding hydrogens is 194 g/mol. The minimum Gasteiger partial charge on any atom is -0.481 e. The van der Waals surface area contributed by atoms with Crippen LogP contribution >= 0.6 is 0 Å². The van der Waals surface area contributed by atoms with E-state index in [1.807, 2.05) is 13.0 Å². The summed E-state index contributed by atoms with van der Waals surface area (Å²) in [6, 6.07) is 0. The number of nitrogens with zero attached hydrogens (tertiary/aromatic N) is 1. The predicted octanol–water partition coefficient (Wildman–Crippen LogP) is 1.05. The van der Waals surface area contributed by atoms with Crippen molar-refractivity contribution in [3.8, 4) is 0 Å². The van der Waals surface area contributed by atoms with Crippen molar-refractivity contribution in [1.82, 2.24) is 4.90 Å². The lowest BCUT2D eigenvalue weighted by molar-refractivity contribution is -0.143. The molecule has 0 bridgehead atoms. The van der Waals surface area contributed by atoms with Gasteiger partial charge in [-0.3, -0.25) is 9.59 Å². The van der Waals surface area contributed by atoms with Gasteiger partial charge in [0.15, 0.2) is 0 Å². The lowest BCUT2D eigenvalue weighted by Gasteiger charge is -2.37. The highest BCUT2D eigenvalue weighted by molar-refractivity contribution is 5.88. The summed E-state index contributed by atoms with van der Waals surface area (Å²) in [4.78, 5) is 23.4. The number of hydrogen-bond acceptors (Lipinski definition) is 2. The Kier molecular flexibility index (Phi) is 4.09. The molecule has 1 fully saturated rings. The first-order valence-electron chi connectivity index (χ1n) is 4.93. The third-order valence-corrected chi connectivity index (χ3v) is 2.27. The molecule has 0 radical (unpaired) electrons.